The molecule has 4 heterocycles. The standard InChI is InChI=1S/C96H38N2O6S2/c1-94(2,3)29-13-25-12-26(14-29)93(102)98-18-24-6-10-31(11-7-24)104-33(100)22-106-20-28-16-96-90-82-74-64-54-46-38-35-34-36-40-42(38)50-56-48(40)58-52-44(36)45-37(34)41-43-39(35)47(46)55-61-51(43)57-49(41)59-53(45)63-62(52)72-66(58)76-70(56)78(68(74)60(50)54)86(90)84(76)88-80(72)81-73(63)67(59)77-71(57)79-69(61)75(65(55)64)83(82)91(96)87(79)85(77)89(81)95(88,96)15-27(28)19-105-21-32(99)103-30-8-4-23(5-9-30)17-97-92(25)101/h4-14H,15-22H2,1-3H3,(H,97,101)(H,98,102). The molecule has 4 aliphatic heterocycles. The quantitative estimate of drug-likeness (QED) is 0.0669. The van der Waals surface area contributed by atoms with Gasteiger partial charge in [0.05, 0.1) is 11.5 Å². The summed E-state index contributed by atoms with van der Waals surface area (Å²) in [6.45, 7) is 6.68. The number of benzene rings is 21. The molecule has 31 aromatic carbocycles. The van der Waals surface area contributed by atoms with E-state index in [9.17, 15) is 19.2 Å². The number of ether oxygens (including phenoxy) is 2. The smallest absolute Gasteiger partial charge is 0.321 e. The summed E-state index contributed by atoms with van der Waals surface area (Å²) >= 11 is 3.36. The first-order valence-corrected chi connectivity index (χ1v) is 40.2. The van der Waals surface area contributed by atoms with E-state index in [-0.39, 0.29) is 53.8 Å². The largest absolute Gasteiger partial charge is 0.426 e. The fourth-order valence-corrected chi connectivity index (χ4v) is 31.3. The zero-order chi connectivity index (χ0) is 67.2. The van der Waals surface area contributed by atoms with E-state index in [0.29, 0.717) is 34.1 Å². The van der Waals surface area contributed by atoms with E-state index in [0.717, 1.165) is 29.5 Å². The van der Waals surface area contributed by atoms with Crippen LogP contribution in [0.5, 0.6) is 11.5 Å². The number of amides is 2. The third kappa shape index (κ3) is 3.79. The van der Waals surface area contributed by atoms with Crippen molar-refractivity contribution in [2.45, 2.75) is 62.9 Å². The molecule has 0 radical (unpaired) electrons. The zero-order valence-electron chi connectivity index (χ0n) is 56.3. The van der Waals surface area contributed by atoms with Gasteiger partial charge in [0, 0.05) is 46.6 Å². The normalized spacial score (nSPS) is 21.0. The summed E-state index contributed by atoms with van der Waals surface area (Å²) in [6.07, 6.45) is 1.64. The SMILES string of the molecule is CC(C)(C)c1cc2cc(c1)C(=O)NCc1ccc(cc1)OC(=O)CSCC1=C(CSCC(=O)Oc3ccc(cc3)CNC2=O)CC23c4c5c6c7c8c9c(c%10c%11c2c2c4c4c%12c5c5c6c6c8c8c%13c9c9c%10c%10c%11c%11c2c2c4c4c%12c%12c5c5c6c8c6c8c%13c9c9c%10c%10c%11c2c2c4c4c%12c5c6c5c8c9c%10c2c45)C73C1. The van der Waals surface area contributed by atoms with Crippen molar-refractivity contribution in [2.75, 3.05) is 23.0 Å². The fourth-order valence-electron chi connectivity index (χ4n) is 29.5. The van der Waals surface area contributed by atoms with E-state index in [1.54, 1.807) is 343 Å². The van der Waals surface area contributed by atoms with Crippen LogP contribution in [0.2, 0.25) is 0 Å². The predicted octanol–water partition coefficient (Wildman–Crippen LogP) is 22.5. The molecule has 10 heteroatoms. The van der Waals surface area contributed by atoms with Crippen molar-refractivity contribution in [3.63, 3.8) is 0 Å². The van der Waals surface area contributed by atoms with Crippen molar-refractivity contribution in [3.05, 3.63) is 128 Å². The Balaban J connectivity index is 0.640. The Kier molecular flexibility index (Phi) is 6.20. The van der Waals surface area contributed by atoms with Gasteiger partial charge in [-0.05, 0) is 391 Å². The van der Waals surface area contributed by atoms with Crippen LogP contribution in [0.25, 0.3) is 291 Å². The van der Waals surface area contributed by atoms with Gasteiger partial charge in [0.1, 0.15) is 11.5 Å². The van der Waals surface area contributed by atoms with Crippen molar-refractivity contribution in [3.8, 4) is 11.5 Å². The van der Waals surface area contributed by atoms with Crippen molar-refractivity contribution >= 4 is 338 Å². The van der Waals surface area contributed by atoms with Crippen molar-refractivity contribution in [1.29, 1.82) is 0 Å². The monoisotopic (exact) mass is 1380 g/mol. The number of hydrogen-bond donors (Lipinski definition) is 2. The Morgan fingerprint density at radius 3 is 0.726 bits per heavy atom. The molecule has 0 saturated heterocycles. The van der Waals surface area contributed by atoms with Crippen molar-refractivity contribution in [1.82, 2.24) is 10.6 Å². The highest BCUT2D eigenvalue weighted by molar-refractivity contribution is 8.00. The van der Waals surface area contributed by atoms with Crippen LogP contribution in [0.1, 0.15) is 93.3 Å². The third-order valence-electron chi connectivity index (χ3n) is 31.7. The van der Waals surface area contributed by atoms with Gasteiger partial charge in [0.2, 0.25) is 0 Å². The molecule has 2 N–H and O–H groups in total. The van der Waals surface area contributed by atoms with Gasteiger partial charge in [0.25, 0.3) is 11.8 Å². The highest BCUT2D eigenvalue weighted by atomic mass is 32.2. The lowest BCUT2D eigenvalue weighted by atomic mass is 9.43. The van der Waals surface area contributed by atoms with E-state index < -0.39 is 10.8 Å². The molecule has 8 nitrogen and oxygen atoms in total. The Morgan fingerprint density at radius 2 is 0.509 bits per heavy atom. The van der Waals surface area contributed by atoms with Gasteiger partial charge in [0.15, 0.2) is 0 Å². The average molecular weight is 1380 g/mol. The second kappa shape index (κ2) is 13.4. The molecular formula is C96H38N2O6S2. The van der Waals surface area contributed by atoms with Crippen LogP contribution in [-0.4, -0.2) is 46.8 Å². The average Bonchev–Trinajstić information content (AvgIpc) is 1.38. The van der Waals surface area contributed by atoms with E-state index >= 15 is 0 Å². The number of thioether (sulfide) groups is 2. The summed E-state index contributed by atoms with van der Waals surface area (Å²) in [5.74, 6) is 1.30. The van der Waals surface area contributed by atoms with Gasteiger partial charge in [-0.25, -0.2) is 0 Å². The molecule has 31 aromatic rings. The Hall–Kier alpha value is -11.6. The highest BCUT2D eigenvalue weighted by Gasteiger charge is 2.71. The van der Waals surface area contributed by atoms with Crippen LogP contribution in [0.3, 0.4) is 0 Å². The summed E-state index contributed by atoms with van der Waals surface area (Å²) in [5, 5.41) is 91.4. The molecular weight excluding hydrogens is 1340 g/mol. The van der Waals surface area contributed by atoms with Gasteiger partial charge in [-0.3, -0.25) is 19.2 Å². The molecule has 40 rings (SSSR count). The Morgan fingerprint density at radius 1 is 0.292 bits per heavy atom. The molecule has 0 atom stereocenters. The lowest BCUT2D eigenvalue weighted by Crippen LogP contribution is -2.54. The lowest BCUT2D eigenvalue weighted by Gasteiger charge is -2.58. The molecule has 5 aliphatic carbocycles. The molecule has 9 aliphatic rings. The maximum absolute atomic E-state index is 14.6. The summed E-state index contributed by atoms with van der Waals surface area (Å²) in [4.78, 5) is 57.3. The topological polar surface area (TPSA) is 111 Å². The maximum Gasteiger partial charge on any atom is 0.321 e. The highest BCUT2D eigenvalue weighted by Crippen LogP contribution is 2.86. The molecule has 6 bridgehead atoms. The molecule has 480 valence electrons. The number of nitrogens with one attached hydrogen (secondary N) is 2. The molecule has 106 heavy (non-hydrogen) atoms. The third-order valence-corrected chi connectivity index (χ3v) is 33.7. The summed E-state index contributed by atoms with van der Waals surface area (Å²) in [7, 11) is 0. The van der Waals surface area contributed by atoms with Crippen LogP contribution in [0.4, 0.5) is 0 Å². The minimum absolute atomic E-state index is 0.157. The van der Waals surface area contributed by atoms with Gasteiger partial charge < -0.3 is 20.1 Å². The molecule has 0 unspecified atom stereocenters. The number of rotatable bonds is 0. The van der Waals surface area contributed by atoms with Crippen molar-refractivity contribution in [2.24, 2.45) is 0 Å². The lowest BCUT2D eigenvalue weighted by molar-refractivity contribution is -0.132. The van der Waals surface area contributed by atoms with E-state index in [4.69, 9.17) is 9.47 Å². The predicted molar refractivity (Wildman–Crippen MR) is 436 cm³/mol. The molecule has 2 amide bonds. The number of hydrogen-bond acceptors (Lipinski definition) is 8. The van der Waals surface area contributed by atoms with Gasteiger partial charge >= 0.3 is 11.9 Å². The van der Waals surface area contributed by atoms with E-state index in [1.165, 1.54) is 11.1 Å². The maximum atomic E-state index is 14.6. The number of carbonyl (C=O) groups excluding carboxylic acids is 4. The van der Waals surface area contributed by atoms with Gasteiger partial charge in [-0.2, -0.15) is 0 Å². The molecule has 0 saturated carbocycles. The first-order valence-electron chi connectivity index (χ1n) is 37.9. The van der Waals surface area contributed by atoms with Crippen LogP contribution >= 0.6 is 23.5 Å². The van der Waals surface area contributed by atoms with Crippen LogP contribution in [-0.2, 0) is 38.9 Å². The minimum atomic E-state index is -0.505. The van der Waals surface area contributed by atoms with Crippen LogP contribution in [0, 0.1) is 0 Å². The summed E-state index contributed by atoms with van der Waals surface area (Å²) in [5.41, 5.74) is 11.3. The van der Waals surface area contributed by atoms with Crippen LogP contribution in [0.15, 0.2) is 77.9 Å². The van der Waals surface area contributed by atoms with Crippen LogP contribution < -0.4 is 20.1 Å². The zero-order valence-corrected chi connectivity index (χ0v) is 57.9. The molecule has 2 spiro atoms. The second-order valence-electron chi connectivity index (χ2n) is 35.8. The first kappa shape index (κ1) is 49.2. The van der Waals surface area contributed by atoms with Gasteiger partial charge in [-0.15, -0.1) is 23.5 Å². The van der Waals surface area contributed by atoms with Crippen molar-refractivity contribution < 1.29 is 28.7 Å². The summed E-state index contributed by atoms with van der Waals surface area (Å²) < 4.78 is 12.5. The number of carbonyl (C=O) groups is 4. The van der Waals surface area contributed by atoms with E-state index in [1.807, 2.05) is 60.7 Å². The molecule has 0 fully saturated rings. The Labute approximate surface area is 598 Å². The fraction of sp³-hybridized carbons (Fsp3) is 0.146. The summed E-state index contributed by atoms with van der Waals surface area (Å²) in [6, 6.07) is 20.3. The van der Waals surface area contributed by atoms with E-state index in [2.05, 4.69) is 31.4 Å². The van der Waals surface area contributed by atoms with Gasteiger partial charge in [-0.1, -0.05) is 56.2 Å². The molecule has 0 aromatic heterocycles. The first-order chi connectivity index (χ1) is 52.0. The minimum Gasteiger partial charge on any atom is -0.426 e. The Bertz CT molecular complexity index is 8670. The second-order valence-corrected chi connectivity index (χ2v) is 37.7. The number of esters is 2.